The van der Waals surface area contributed by atoms with Gasteiger partial charge >= 0.3 is 0 Å². The summed E-state index contributed by atoms with van der Waals surface area (Å²) in [5.41, 5.74) is 7.07. The van der Waals surface area contributed by atoms with Crippen molar-refractivity contribution in [2.75, 3.05) is 30.5 Å². The van der Waals surface area contributed by atoms with E-state index in [1.54, 1.807) is 6.07 Å². The minimum absolute atomic E-state index is 0.117. The van der Waals surface area contributed by atoms with Gasteiger partial charge in [0.15, 0.2) is 9.84 Å². The fraction of sp³-hybridized carbons (Fsp3) is 0.538. The number of nitrogen functional groups attached to an aromatic ring is 1. The summed E-state index contributed by atoms with van der Waals surface area (Å²) < 4.78 is 28.9. The number of benzene rings is 1. The van der Waals surface area contributed by atoms with Gasteiger partial charge in [-0.2, -0.15) is 0 Å². The van der Waals surface area contributed by atoms with Gasteiger partial charge in [-0.25, -0.2) is 8.42 Å². The van der Waals surface area contributed by atoms with Crippen LogP contribution in [0.4, 0.5) is 11.4 Å². The van der Waals surface area contributed by atoms with Crippen LogP contribution in [-0.2, 0) is 14.6 Å². The quantitative estimate of drug-likeness (QED) is 0.847. The molecule has 0 bridgehead atoms. The van der Waals surface area contributed by atoms with E-state index in [0.29, 0.717) is 5.69 Å². The standard InChI is InChI=1S/C13H20N2O3S/c1-9-10(7-8-18-9)15(2)11-5-4-6-12(13(11)14)19(3,16)17/h4-6,9-10H,7-8,14H2,1-3H3. The first kappa shape index (κ1) is 14.1. The van der Waals surface area contributed by atoms with E-state index in [2.05, 4.69) is 0 Å². The molecule has 0 radical (unpaired) electrons. The van der Waals surface area contributed by atoms with Crippen molar-refractivity contribution in [1.82, 2.24) is 0 Å². The van der Waals surface area contributed by atoms with Gasteiger partial charge in [0.05, 0.1) is 28.4 Å². The molecule has 2 rings (SSSR count). The van der Waals surface area contributed by atoms with Crippen LogP contribution in [0.25, 0.3) is 0 Å². The van der Waals surface area contributed by atoms with E-state index in [-0.39, 0.29) is 17.0 Å². The van der Waals surface area contributed by atoms with E-state index < -0.39 is 9.84 Å². The molecule has 1 saturated heterocycles. The Morgan fingerprint density at radius 2 is 2.11 bits per heavy atom. The molecule has 19 heavy (non-hydrogen) atoms. The predicted octanol–water partition coefficient (Wildman–Crippen LogP) is 1.29. The number of likely N-dealkylation sites (N-methyl/N-ethyl adjacent to an activating group) is 1. The molecule has 106 valence electrons. The topological polar surface area (TPSA) is 72.6 Å². The average Bonchev–Trinajstić information content (AvgIpc) is 2.73. The number of hydrogen-bond acceptors (Lipinski definition) is 5. The first-order valence-corrected chi connectivity index (χ1v) is 8.14. The number of rotatable bonds is 3. The summed E-state index contributed by atoms with van der Waals surface area (Å²) in [4.78, 5) is 2.20. The fourth-order valence-corrected chi connectivity index (χ4v) is 3.40. The molecular formula is C13H20N2O3S. The smallest absolute Gasteiger partial charge is 0.177 e. The SMILES string of the molecule is CC1OCCC1N(C)c1cccc(S(C)(=O)=O)c1N. The van der Waals surface area contributed by atoms with Gasteiger partial charge in [0.25, 0.3) is 0 Å². The summed E-state index contributed by atoms with van der Waals surface area (Å²) in [6, 6.07) is 5.32. The summed E-state index contributed by atoms with van der Waals surface area (Å²) in [6.45, 7) is 2.74. The summed E-state index contributed by atoms with van der Waals surface area (Å²) in [6.07, 6.45) is 2.20. The Morgan fingerprint density at radius 3 is 2.63 bits per heavy atom. The highest BCUT2D eigenvalue weighted by molar-refractivity contribution is 7.90. The van der Waals surface area contributed by atoms with Gasteiger partial charge in [0, 0.05) is 19.9 Å². The van der Waals surface area contributed by atoms with Crippen LogP contribution in [0.15, 0.2) is 23.1 Å². The van der Waals surface area contributed by atoms with Crippen molar-refractivity contribution in [3.05, 3.63) is 18.2 Å². The molecule has 6 heteroatoms. The highest BCUT2D eigenvalue weighted by Crippen LogP contribution is 2.32. The fourth-order valence-electron chi connectivity index (χ4n) is 2.57. The lowest BCUT2D eigenvalue weighted by Gasteiger charge is -2.30. The molecule has 0 saturated carbocycles. The van der Waals surface area contributed by atoms with Gasteiger partial charge in [0.1, 0.15) is 0 Å². The zero-order valence-electron chi connectivity index (χ0n) is 11.5. The van der Waals surface area contributed by atoms with E-state index in [1.807, 2.05) is 24.9 Å². The first-order chi connectivity index (χ1) is 8.82. The van der Waals surface area contributed by atoms with Gasteiger partial charge in [-0.05, 0) is 25.5 Å². The van der Waals surface area contributed by atoms with Crippen molar-refractivity contribution in [3.8, 4) is 0 Å². The molecule has 1 fully saturated rings. The maximum Gasteiger partial charge on any atom is 0.177 e. The largest absolute Gasteiger partial charge is 0.396 e. The molecule has 1 aromatic rings. The Kier molecular flexibility index (Phi) is 3.73. The van der Waals surface area contributed by atoms with Gasteiger partial charge in [-0.1, -0.05) is 6.07 Å². The monoisotopic (exact) mass is 284 g/mol. The minimum Gasteiger partial charge on any atom is -0.396 e. The molecule has 0 spiro atoms. The third-order valence-corrected chi connectivity index (χ3v) is 4.81. The second-order valence-corrected chi connectivity index (χ2v) is 6.99. The molecule has 1 heterocycles. The highest BCUT2D eigenvalue weighted by atomic mass is 32.2. The molecule has 1 aliphatic heterocycles. The van der Waals surface area contributed by atoms with E-state index in [9.17, 15) is 8.42 Å². The zero-order chi connectivity index (χ0) is 14.2. The second kappa shape index (κ2) is 5.02. The normalized spacial score (nSPS) is 23.5. The zero-order valence-corrected chi connectivity index (χ0v) is 12.3. The van der Waals surface area contributed by atoms with Crippen LogP contribution in [-0.4, -0.2) is 40.5 Å². The number of hydrogen-bond donors (Lipinski definition) is 1. The van der Waals surface area contributed by atoms with E-state index in [1.165, 1.54) is 12.3 Å². The molecule has 0 aliphatic carbocycles. The van der Waals surface area contributed by atoms with Crippen molar-refractivity contribution in [1.29, 1.82) is 0 Å². The van der Waals surface area contributed by atoms with Crippen LogP contribution in [0.2, 0.25) is 0 Å². The van der Waals surface area contributed by atoms with Crippen LogP contribution < -0.4 is 10.6 Å². The van der Waals surface area contributed by atoms with Crippen LogP contribution in [0, 0.1) is 0 Å². The maximum atomic E-state index is 11.7. The Morgan fingerprint density at radius 1 is 1.42 bits per heavy atom. The van der Waals surface area contributed by atoms with Crippen molar-refractivity contribution in [2.24, 2.45) is 0 Å². The number of nitrogens with zero attached hydrogens (tertiary/aromatic N) is 1. The lowest BCUT2D eigenvalue weighted by Crippen LogP contribution is -2.37. The molecule has 5 nitrogen and oxygen atoms in total. The molecule has 1 aromatic carbocycles. The van der Waals surface area contributed by atoms with Crippen LogP contribution in [0.1, 0.15) is 13.3 Å². The Labute approximate surface area is 114 Å². The molecule has 2 unspecified atom stereocenters. The first-order valence-electron chi connectivity index (χ1n) is 6.25. The third kappa shape index (κ3) is 2.69. The maximum absolute atomic E-state index is 11.7. The number of ether oxygens (including phenoxy) is 1. The van der Waals surface area contributed by atoms with Crippen LogP contribution in [0.5, 0.6) is 0 Å². The summed E-state index contributed by atoms with van der Waals surface area (Å²) >= 11 is 0. The molecule has 2 N–H and O–H groups in total. The Hall–Kier alpha value is -1.27. The van der Waals surface area contributed by atoms with E-state index in [4.69, 9.17) is 10.5 Å². The lowest BCUT2D eigenvalue weighted by molar-refractivity contribution is 0.118. The van der Waals surface area contributed by atoms with Crippen molar-refractivity contribution in [2.45, 2.75) is 30.4 Å². The molecule has 1 aliphatic rings. The van der Waals surface area contributed by atoms with Gasteiger partial charge in [0.2, 0.25) is 0 Å². The predicted molar refractivity (Wildman–Crippen MR) is 76.2 cm³/mol. The van der Waals surface area contributed by atoms with Crippen LogP contribution >= 0.6 is 0 Å². The lowest BCUT2D eigenvalue weighted by atomic mass is 10.1. The number of para-hydroxylation sites is 1. The average molecular weight is 284 g/mol. The summed E-state index contributed by atoms with van der Waals surface area (Å²) in [7, 11) is -1.39. The van der Waals surface area contributed by atoms with Gasteiger partial charge < -0.3 is 15.4 Å². The van der Waals surface area contributed by atoms with Crippen molar-refractivity contribution < 1.29 is 13.2 Å². The Balaban J connectivity index is 2.40. The summed E-state index contributed by atoms with van der Waals surface area (Å²) in [5.74, 6) is 0. The number of sulfone groups is 1. The summed E-state index contributed by atoms with van der Waals surface area (Å²) in [5, 5.41) is 0. The van der Waals surface area contributed by atoms with E-state index in [0.717, 1.165) is 18.7 Å². The third-order valence-electron chi connectivity index (χ3n) is 3.66. The molecule has 0 aromatic heterocycles. The van der Waals surface area contributed by atoms with Crippen LogP contribution in [0.3, 0.4) is 0 Å². The molecular weight excluding hydrogens is 264 g/mol. The van der Waals surface area contributed by atoms with Gasteiger partial charge in [-0.3, -0.25) is 0 Å². The second-order valence-electron chi connectivity index (χ2n) is 5.00. The van der Waals surface area contributed by atoms with Crippen molar-refractivity contribution in [3.63, 3.8) is 0 Å². The number of anilines is 2. The minimum atomic E-state index is -3.31. The van der Waals surface area contributed by atoms with Gasteiger partial charge in [-0.15, -0.1) is 0 Å². The highest BCUT2D eigenvalue weighted by Gasteiger charge is 2.29. The molecule has 2 atom stereocenters. The number of nitrogens with two attached hydrogens (primary N) is 1. The van der Waals surface area contributed by atoms with E-state index >= 15 is 0 Å². The van der Waals surface area contributed by atoms with Crippen molar-refractivity contribution >= 4 is 21.2 Å². The Bertz CT molecular complexity index is 571. The molecule has 0 amide bonds.